The lowest BCUT2D eigenvalue weighted by molar-refractivity contribution is 0.0808. The molecule has 0 amide bonds. The fourth-order valence-electron chi connectivity index (χ4n) is 2.29. The first kappa shape index (κ1) is 12.9. The highest BCUT2D eigenvalue weighted by molar-refractivity contribution is 4.91. The van der Waals surface area contributed by atoms with Gasteiger partial charge in [-0.3, -0.25) is 4.90 Å². The molecule has 0 aromatic heterocycles. The molecular formula is C12H26N2O. The van der Waals surface area contributed by atoms with Crippen molar-refractivity contribution in [1.29, 1.82) is 0 Å². The Labute approximate surface area is 94.2 Å². The minimum atomic E-state index is 0.263. The van der Waals surface area contributed by atoms with Crippen molar-refractivity contribution >= 4 is 0 Å². The van der Waals surface area contributed by atoms with Crippen LogP contribution < -0.4 is 5.32 Å². The highest BCUT2D eigenvalue weighted by atomic mass is 16.5. The third-order valence-electron chi connectivity index (χ3n) is 3.20. The van der Waals surface area contributed by atoms with Crippen molar-refractivity contribution in [2.75, 3.05) is 33.4 Å². The van der Waals surface area contributed by atoms with Crippen LogP contribution >= 0.6 is 0 Å². The van der Waals surface area contributed by atoms with Crippen molar-refractivity contribution in [3.63, 3.8) is 0 Å². The molecule has 15 heavy (non-hydrogen) atoms. The maximum Gasteiger partial charge on any atom is 0.0474 e. The molecule has 0 saturated carbocycles. The van der Waals surface area contributed by atoms with E-state index in [0.717, 1.165) is 32.7 Å². The van der Waals surface area contributed by atoms with E-state index in [9.17, 15) is 0 Å². The van der Waals surface area contributed by atoms with Crippen LogP contribution in [0.15, 0.2) is 0 Å². The molecule has 1 saturated heterocycles. The molecule has 1 heterocycles. The van der Waals surface area contributed by atoms with Crippen molar-refractivity contribution in [3.05, 3.63) is 0 Å². The molecule has 1 N–H and O–H groups in total. The van der Waals surface area contributed by atoms with Crippen molar-refractivity contribution < 1.29 is 4.74 Å². The predicted molar refractivity (Wildman–Crippen MR) is 64.2 cm³/mol. The van der Waals surface area contributed by atoms with Gasteiger partial charge in [0.2, 0.25) is 0 Å². The number of rotatable bonds is 5. The number of ether oxygens (including phenoxy) is 1. The van der Waals surface area contributed by atoms with E-state index in [1.807, 2.05) is 0 Å². The Bertz CT molecular complexity index is 182. The Morgan fingerprint density at radius 2 is 2.20 bits per heavy atom. The molecule has 3 nitrogen and oxygen atoms in total. The van der Waals surface area contributed by atoms with E-state index in [1.54, 1.807) is 7.11 Å². The van der Waals surface area contributed by atoms with Crippen molar-refractivity contribution in [3.8, 4) is 0 Å². The summed E-state index contributed by atoms with van der Waals surface area (Å²) in [6.07, 6.45) is 2.37. The summed E-state index contributed by atoms with van der Waals surface area (Å²) in [5.74, 6) is 0. The van der Waals surface area contributed by atoms with Gasteiger partial charge < -0.3 is 10.1 Å². The SMILES string of the molecule is CCC1CNC(C)(C)CN1CCCOC. The normalized spacial score (nSPS) is 26.8. The van der Waals surface area contributed by atoms with Crippen LogP contribution in [0, 0.1) is 0 Å². The Hall–Kier alpha value is -0.120. The monoisotopic (exact) mass is 214 g/mol. The van der Waals surface area contributed by atoms with E-state index < -0.39 is 0 Å². The molecule has 90 valence electrons. The summed E-state index contributed by atoms with van der Waals surface area (Å²) in [5, 5.41) is 3.61. The Kier molecular flexibility index (Phi) is 5.03. The fourth-order valence-corrected chi connectivity index (χ4v) is 2.29. The third-order valence-corrected chi connectivity index (χ3v) is 3.20. The highest BCUT2D eigenvalue weighted by Crippen LogP contribution is 2.17. The minimum absolute atomic E-state index is 0.263. The molecule has 1 atom stereocenters. The van der Waals surface area contributed by atoms with Crippen molar-refractivity contribution in [1.82, 2.24) is 10.2 Å². The van der Waals surface area contributed by atoms with E-state index in [-0.39, 0.29) is 5.54 Å². The summed E-state index contributed by atoms with van der Waals surface area (Å²) in [5.41, 5.74) is 0.263. The Morgan fingerprint density at radius 3 is 2.80 bits per heavy atom. The highest BCUT2D eigenvalue weighted by Gasteiger charge is 2.30. The second kappa shape index (κ2) is 5.83. The number of nitrogens with one attached hydrogen (secondary N) is 1. The van der Waals surface area contributed by atoms with Crippen LogP contribution in [0.2, 0.25) is 0 Å². The van der Waals surface area contributed by atoms with Crippen LogP contribution in [0.3, 0.4) is 0 Å². The average molecular weight is 214 g/mol. The summed E-state index contributed by atoms with van der Waals surface area (Å²) in [6, 6.07) is 0.704. The number of nitrogens with zero attached hydrogens (tertiary/aromatic N) is 1. The Morgan fingerprint density at radius 1 is 1.47 bits per heavy atom. The molecule has 0 radical (unpaired) electrons. The first-order valence-electron chi connectivity index (χ1n) is 6.07. The van der Waals surface area contributed by atoms with Gasteiger partial charge in [0.15, 0.2) is 0 Å². The smallest absolute Gasteiger partial charge is 0.0474 e. The molecule has 1 aliphatic rings. The second-order valence-electron chi connectivity index (χ2n) is 5.14. The van der Waals surface area contributed by atoms with E-state index >= 15 is 0 Å². The molecule has 1 fully saturated rings. The maximum absolute atomic E-state index is 5.11. The molecule has 0 aromatic carbocycles. The van der Waals surface area contributed by atoms with Gasteiger partial charge in [-0.2, -0.15) is 0 Å². The molecule has 0 aliphatic carbocycles. The van der Waals surface area contributed by atoms with Gasteiger partial charge in [-0.25, -0.2) is 0 Å². The van der Waals surface area contributed by atoms with Crippen LogP contribution in [-0.4, -0.2) is 49.8 Å². The molecule has 0 spiro atoms. The van der Waals surface area contributed by atoms with Crippen LogP contribution in [0.4, 0.5) is 0 Å². The summed E-state index contributed by atoms with van der Waals surface area (Å²) < 4.78 is 5.11. The van der Waals surface area contributed by atoms with E-state index in [1.165, 1.54) is 6.42 Å². The standard InChI is InChI=1S/C12H26N2O/c1-5-11-9-13-12(2,3)10-14(11)7-6-8-15-4/h11,13H,5-10H2,1-4H3. The molecule has 1 unspecified atom stereocenters. The Balaban J connectivity index is 2.41. The van der Waals surface area contributed by atoms with Gasteiger partial charge in [-0.15, -0.1) is 0 Å². The molecule has 1 aliphatic heterocycles. The topological polar surface area (TPSA) is 24.5 Å². The molecule has 0 aromatic rings. The number of hydrogen-bond acceptors (Lipinski definition) is 3. The maximum atomic E-state index is 5.11. The quantitative estimate of drug-likeness (QED) is 0.702. The molecule has 0 bridgehead atoms. The largest absolute Gasteiger partial charge is 0.385 e. The average Bonchev–Trinajstić information content (AvgIpc) is 2.17. The number of piperazine rings is 1. The van der Waals surface area contributed by atoms with Crippen LogP contribution in [0.25, 0.3) is 0 Å². The zero-order valence-corrected chi connectivity index (χ0v) is 10.7. The van der Waals surface area contributed by atoms with Gasteiger partial charge in [0.05, 0.1) is 0 Å². The summed E-state index contributed by atoms with van der Waals surface area (Å²) in [4.78, 5) is 2.61. The summed E-state index contributed by atoms with van der Waals surface area (Å²) in [6.45, 7) is 11.1. The molecule has 3 heteroatoms. The fraction of sp³-hybridized carbons (Fsp3) is 1.00. The third kappa shape index (κ3) is 4.09. The summed E-state index contributed by atoms with van der Waals surface area (Å²) in [7, 11) is 1.78. The van der Waals surface area contributed by atoms with Crippen LogP contribution in [0.5, 0.6) is 0 Å². The summed E-state index contributed by atoms with van der Waals surface area (Å²) >= 11 is 0. The van der Waals surface area contributed by atoms with Gasteiger partial charge in [0, 0.05) is 44.9 Å². The zero-order chi connectivity index (χ0) is 11.3. The van der Waals surface area contributed by atoms with Gasteiger partial charge in [0.25, 0.3) is 0 Å². The van der Waals surface area contributed by atoms with Crippen LogP contribution in [0.1, 0.15) is 33.6 Å². The second-order valence-corrected chi connectivity index (χ2v) is 5.14. The number of methoxy groups -OCH3 is 1. The minimum Gasteiger partial charge on any atom is -0.385 e. The lowest BCUT2D eigenvalue weighted by Crippen LogP contribution is -2.61. The van der Waals surface area contributed by atoms with E-state index in [2.05, 4.69) is 31.0 Å². The zero-order valence-electron chi connectivity index (χ0n) is 10.7. The molecule has 1 rings (SSSR count). The first-order valence-corrected chi connectivity index (χ1v) is 6.07. The van der Waals surface area contributed by atoms with Gasteiger partial charge in [-0.05, 0) is 26.7 Å². The number of hydrogen-bond donors (Lipinski definition) is 1. The molecular weight excluding hydrogens is 188 g/mol. The first-order chi connectivity index (χ1) is 7.09. The lowest BCUT2D eigenvalue weighted by atomic mass is 9.97. The van der Waals surface area contributed by atoms with Crippen molar-refractivity contribution in [2.45, 2.75) is 45.2 Å². The van der Waals surface area contributed by atoms with Gasteiger partial charge >= 0.3 is 0 Å². The van der Waals surface area contributed by atoms with Gasteiger partial charge in [-0.1, -0.05) is 6.92 Å². The van der Waals surface area contributed by atoms with E-state index in [0.29, 0.717) is 6.04 Å². The lowest BCUT2D eigenvalue weighted by Gasteiger charge is -2.44. The van der Waals surface area contributed by atoms with Crippen LogP contribution in [-0.2, 0) is 4.74 Å². The van der Waals surface area contributed by atoms with Crippen molar-refractivity contribution in [2.24, 2.45) is 0 Å². The van der Waals surface area contributed by atoms with Gasteiger partial charge in [0.1, 0.15) is 0 Å². The van der Waals surface area contributed by atoms with E-state index in [4.69, 9.17) is 4.74 Å². The predicted octanol–water partition coefficient (Wildman–Crippen LogP) is 1.49.